The summed E-state index contributed by atoms with van der Waals surface area (Å²) >= 11 is 5.82. The summed E-state index contributed by atoms with van der Waals surface area (Å²) in [6.07, 6.45) is 0.768. The molecular formula is C19H23ClN2O4S. The lowest BCUT2D eigenvalue weighted by Crippen LogP contribution is -2.36. The summed E-state index contributed by atoms with van der Waals surface area (Å²) in [5.41, 5.74) is 1.13. The Kier molecular flexibility index (Phi) is 6.73. The quantitative estimate of drug-likeness (QED) is 0.698. The molecule has 1 heterocycles. The normalized spacial score (nSPS) is 17.9. The van der Waals surface area contributed by atoms with Crippen LogP contribution in [0.25, 0.3) is 0 Å². The molecule has 146 valence electrons. The minimum atomic E-state index is -3.54. The number of nitrogens with zero attached hydrogens (tertiary/aromatic N) is 1. The van der Waals surface area contributed by atoms with E-state index in [1.165, 1.54) is 12.1 Å². The van der Waals surface area contributed by atoms with Crippen LogP contribution < -0.4 is 9.46 Å². The van der Waals surface area contributed by atoms with Crippen molar-refractivity contribution < 1.29 is 18.3 Å². The van der Waals surface area contributed by atoms with Gasteiger partial charge in [-0.05, 0) is 48.4 Å². The Morgan fingerprint density at radius 2 is 1.85 bits per heavy atom. The van der Waals surface area contributed by atoms with E-state index in [0.29, 0.717) is 11.6 Å². The molecular weight excluding hydrogens is 388 g/mol. The van der Waals surface area contributed by atoms with Crippen molar-refractivity contribution in [3.05, 3.63) is 59.1 Å². The van der Waals surface area contributed by atoms with Gasteiger partial charge < -0.3 is 9.84 Å². The van der Waals surface area contributed by atoms with Gasteiger partial charge in [-0.2, -0.15) is 0 Å². The van der Waals surface area contributed by atoms with E-state index in [1.54, 1.807) is 12.1 Å². The van der Waals surface area contributed by atoms with Gasteiger partial charge in [-0.25, -0.2) is 13.1 Å². The fraction of sp³-hybridized carbons (Fsp3) is 0.368. The third-order valence-corrected chi connectivity index (χ3v) is 6.20. The smallest absolute Gasteiger partial charge is 0.240 e. The van der Waals surface area contributed by atoms with E-state index in [9.17, 15) is 8.42 Å². The molecule has 0 spiro atoms. The van der Waals surface area contributed by atoms with E-state index < -0.39 is 10.0 Å². The van der Waals surface area contributed by atoms with Crippen molar-refractivity contribution in [3.8, 4) is 5.75 Å². The number of aliphatic hydroxyl groups is 1. The lowest BCUT2D eigenvalue weighted by atomic mass is 10.2. The molecule has 1 fully saturated rings. The van der Waals surface area contributed by atoms with Gasteiger partial charge in [0.25, 0.3) is 0 Å². The Balaban J connectivity index is 1.53. The predicted octanol–water partition coefficient (Wildman–Crippen LogP) is 2.26. The highest BCUT2D eigenvalue weighted by Gasteiger charge is 2.27. The average Bonchev–Trinajstić information content (AvgIpc) is 3.07. The van der Waals surface area contributed by atoms with E-state index in [4.69, 9.17) is 21.4 Å². The zero-order valence-electron chi connectivity index (χ0n) is 14.8. The zero-order valence-corrected chi connectivity index (χ0v) is 16.4. The van der Waals surface area contributed by atoms with E-state index in [2.05, 4.69) is 9.62 Å². The number of ether oxygens (including phenoxy) is 1. The van der Waals surface area contributed by atoms with E-state index >= 15 is 0 Å². The predicted molar refractivity (Wildman–Crippen MR) is 104 cm³/mol. The Hall–Kier alpha value is -1.64. The number of rotatable bonds is 8. The number of hydrogen-bond acceptors (Lipinski definition) is 5. The highest BCUT2D eigenvalue weighted by molar-refractivity contribution is 7.89. The summed E-state index contributed by atoms with van der Waals surface area (Å²) in [6.45, 7) is 2.51. The molecule has 0 radical (unpaired) electrons. The van der Waals surface area contributed by atoms with Crippen LogP contribution in [-0.4, -0.2) is 50.8 Å². The molecule has 2 aromatic rings. The second kappa shape index (κ2) is 9.03. The topological polar surface area (TPSA) is 78.9 Å². The highest BCUT2D eigenvalue weighted by Crippen LogP contribution is 2.19. The van der Waals surface area contributed by atoms with Crippen LogP contribution in [0.5, 0.6) is 5.75 Å². The van der Waals surface area contributed by atoms with E-state index in [-0.39, 0.29) is 24.2 Å². The zero-order chi connectivity index (χ0) is 19.3. The first-order valence-electron chi connectivity index (χ1n) is 8.79. The number of halogens is 1. The molecule has 27 heavy (non-hydrogen) atoms. The maximum atomic E-state index is 12.5. The fourth-order valence-corrected chi connectivity index (χ4v) is 4.47. The number of hydrogen-bond donors (Lipinski definition) is 2. The molecule has 0 amide bonds. The number of benzene rings is 2. The highest BCUT2D eigenvalue weighted by atomic mass is 35.5. The van der Waals surface area contributed by atoms with Crippen LogP contribution in [0.15, 0.2) is 53.4 Å². The van der Waals surface area contributed by atoms with Gasteiger partial charge in [0.2, 0.25) is 10.0 Å². The Morgan fingerprint density at radius 3 is 2.52 bits per heavy atom. The molecule has 3 rings (SSSR count). The number of likely N-dealkylation sites (tertiary alicyclic amines) is 1. The van der Waals surface area contributed by atoms with Crippen LogP contribution in [0.3, 0.4) is 0 Å². The number of aliphatic hydroxyl groups excluding tert-OH is 1. The summed E-state index contributed by atoms with van der Waals surface area (Å²) < 4.78 is 33.1. The van der Waals surface area contributed by atoms with Crippen LogP contribution in [0.2, 0.25) is 5.02 Å². The first kappa shape index (κ1) is 20.1. The van der Waals surface area contributed by atoms with Crippen molar-refractivity contribution in [2.75, 3.05) is 26.3 Å². The minimum absolute atomic E-state index is 0.0111. The molecule has 0 unspecified atom stereocenters. The molecule has 1 aliphatic rings. The van der Waals surface area contributed by atoms with Gasteiger partial charge in [-0.3, -0.25) is 4.90 Å². The second-order valence-corrected chi connectivity index (χ2v) is 8.66. The van der Waals surface area contributed by atoms with Gasteiger partial charge in [-0.1, -0.05) is 23.7 Å². The fourth-order valence-electron chi connectivity index (χ4n) is 3.09. The largest absolute Gasteiger partial charge is 0.491 e. The molecule has 1 atom stereocenters. The molecule has 0 aliphatic carbocycles. The summed E-state index contributed by atoms with van der Waals surface area (Å²) in [6, 6.07) is 13.8. The van der Waals surface area contributed by atoms with Crippen molar-refractivity contribution in [2.24, 2.45) is 0 Å². The average molecular weight is 411 g/mol. The van der Waals surface area contributed by atoms with Gasteiger partial charge >= 0.3 is 0 Å². The first-order valence-corrected chi connectivity index (χ1v) is 10.7. The maximum absolute atomic E-state index is 12.5. The summed E-state index contributed by atoms with van der Waals surface area (Å²) in [5.74, 6) is 0.725. The maximum Gasteiger partial charge on any atom is 0.240 e. The molecule has 1 saturated heterocycles. The number of nitrogens with one attached hydrogen (secondary N) is 1. The van der Waals surface area contributed by atoms with Gasteiger partial charge in [0, 0.05) is 30.7 Å². The molecule has 0 saturated carbocycles. The molecule has 0 aromatic heterocycles. The summed E-state index contributed by atoms with van der Waals surface area (Å²) in [7, 11) is -3.54. The van der Waals surface area contributed by atoms with Crippen LogP contribution >= 0.6 is 11.6 Å². The van der Waals surface area contributed by atoms with E-state index in [1.807, 2.05) is 24.3 Å². The molecule has 1 aliphatic heterocycles. The Bertz CT molecular complexity index is 841. The first-order chi connectivity index (χ1) is 13.0. The van der Waals surface area contributed by atoms with Crippen molar-refractivity contribution in [1.29, 1.82) is 0 Å². The van der Waals surface area contributed by atoms with Crippen LogP contribution in [0.4, 0.5) is 0 Å². The van der Waals surface area contributed by atoms with Crippen LogP contribution in [0, 0.1) is 0 Å². The lowest BCUT2D eigenvalue weighted by Gasteiger charge is -2.17. The van der Waals surface area contributed by atoms with Crippen molar-refractivity contribution in [1.82, 2.24) is 9.62 Å². The third kappa shape index (κ3) is 5.67. The monoisotopic (exact) mass is 410 g/mol. The van der Waals surface area contributed by atoms with Gasteiger partial charge in [-0.15, -0.1) is 0 Å². The minimum Gasteiger partial charge on any atom is -0.491 e. The van der Waals surface area contributed by atoms with Crippen molar-refractivity contribution in [3.63, 3.8) is 0 Å². The molecule has 8 heteroatoms. The van der Waals surface area contributed by atoms with Gasteiger partial charge in [0.05, 0.1) is 11.5 Å². The number of sulfonamides is 1. The lowest BCUT2D eigenvalue weighted by molar-refractivity contribution is 0.201. The third-order valence-electron chi connectivity index (χ3n) is 4.41. The molecule has 2 N–H and O–H groups in total. The molecule has 6 nitrogen and oxygen atoms in total. The van der Waals surface area contributed by atoms with E-state index in [0.717, 1.165) is 30.8 Å². The summed E-state index contributed by atoms with van der Waals surface area (Å²) in [5, 5.41) is 9.28. The van der Waals surface area contributed by atoms with Crippen molar-refractivity contribution >= 4 is 21.6 Å². The Morgan fingerprint density at radius 1 is 1.15 bits per heavy atom. The summed E-state index contributed by atoms with van der Waals surface area (Å²) in [4.78, 5) is 2.45. The van der Waals surface area contributed by atoms with Crippen LogP contribution in [-0.2, 0) is 16.6 Å². The second-order valence-electron chi connectivity index (χ2n) is 6.51. The molecule has 0 bridgehead atoms. The Labute approximate surface area is 164 Å². The van der Waals surface area contributed by atoms with Crippen molar-refractivity contribution in [2.45, 2.75) is 23.9 Å². The molecule has 2 aromatic carbocycles. The SMILES string of the molecule is O=S(=O)(N[C@H]1CCN(Cc2ccc(OCCO)cc2)C1)c1ccc(Cl)cc1. The van der Waals surface area contributed by atoms with Gasteiger partial charge in [0.15, 0.2) is 0 Å². The van der Waals surface area contributed by atoms with Gasteiger partial charge in [0.1, 0.15) is 12.4 Å². The standard InChI is InChI=1S/C19H23ClN2O4S/c20-16-3-7-19(8-4-16)27(24,25)21-17-9-10-22(14-17)13-15-1-5-18(6-2-15)26-12-11-23/h1-8,17,21,23H,9-14H2/t17-/m0/s1. The van der Waals surface area contributed by atoms with Crippen LogP contribution in [0.1, 0.15) is 12.0 Å².